The summed E-state index contributed by atoms with van der Waals surface area (Å²) in [7, 11) is 1.63. The summed E-state index contributed by atoms with van der Waals surface area (Å²) in [5.74, 6) is -1.28. The molecule has 1 heterocycles. The molecule has 0 aromatic carbocycles. The van der Waals surface area contributed by atoms with Gasteiger partial charge in [0.15, 0.2) is 0 Å². The Morgan fingerprint density at radius 1 is 1.08 bits per heavy atom. The molecule has 25 heavy (non-hydrogen) atoms. The van der Waals surface area contributed by atoms with Crippen LogP contribution in [0, 0.1) is 11.3 Å². The number of carboxylic acids is 1. The quantitative estimate of drug-likeness (QED) is 0.846. The molecule has 0 aromatic heterocycles. The highest BCUT2D eigenvalue weighted by Crippen LogP contribution is 2.35. The standard InChI is InChI=1S/C19H32N2O4/c1-18(2,3)16(23)21-12-8-9-14(13-21)15(22)20(4)19(17(24)25)10-6-5-7-11-19/h14H,5-13H2,1-4H3,(H,24,25). The number of carbonyl (C=O) groups excluding carboxylic acids is 2. The Morgan fingerprint density at radius 2 is 1.68 bits per heavy atom. The summed E-state index contributed by atoms with van der Waals surface area (Å²) in [4.78, 5) is 40.8. The summed E-state index contributed by atoms with van der Waals surface area (Å²) in [6, 6.07) is 0. The highest BCUT2D eigenvalue weighted by Gasteiger charge is 2.47. The van der Waals surface area contributed by atoms with Crippen LogP contribution in [-0.2, 0) is 14.4 Å². The summed E-state index contributed by atoms with van der Waals surface area (Å²) < 4.78 is 0. The Kier molecular flexibility index (Phi) is 5.79. The third kappa shape index (κ3) is 3.98. The zero-order valence-corrected chi connectivity index (χ0v) is 16.0. The first-order valence-corrected chi connectivity index (χ1v) is 9.40. The summed E-state index contributed by atoms with van der Waals surface area (Å²) in [5.41, 5.74) is -1.55. The van der Waals surface area contributed by atoms with E-state index in [1.165, 1.54) is 4.90 Å². The molecule has 1 atom stereocenters. The number of amides is 2. The van der Waals surface area contributed by atoms with E-state index in [1.54, 1.807) is 11.9 Å². The molecule has 1 unspecified atom stereocenters. The van der Waals surface area contributed by atoms with Gasteiger partial charge in [0.25, 0.3) is 0 Å². The van der Waals surface area contributed by atoms with Crippen molar-refractivity contribution in [1.82, 2.24) is 9.80 Å². The molecule has 1 saturated carbocycles. The van der Waals surface area contributed by atoms with Crippen LogP contribution < -0.4 is 0 Å². The lowest BCUT2D eigenvalue weighted by Crippen LogP contribution is -2.59. The number of likely N-dealkylation sites (N-methyl/N-ethyl adjacent to an activating group) is 1. The van der Waals surface area contributed by atoms with Gasteiger partial charge in [-0.25, -0.2) is 4.79 Å². The van der Waals surface area contributed by atoms with Crippen LogP contribution in [0.1, 0.15) is 65.7 Å². The summed E-state index contributed by atoms with van der Waals surface area (Å²) in [6.45, 7) is 6.72. The molecule has 6 heteroatoms. The maximum Gasteiger partial charge on any atom is 0.329 e. The Balaban J connectivity index is 2.13. The van der Waals surface area contributed by atoms with Crippen molar-refractivity contribution in [2.45, 2.75) is 71.3 Å². The van der Waals surface area contributed by atoms with Gasteiger partial charge in [0, 0.05) is 25.6 Å². The Labute approximate surface area is 150 Å². The van der Waals surface area contributed by atoms with Crippen molar-refractivity contribution in [2.75, 3.05) is 20.1 Å². The van der Waals surface area contributed by atoms with Gasteiger partial charge in [-0.3, -0.25) is 9.59 Å². The van der Waals surface area contributed by atoms with Gasteiger partial charge >= 0.3 is 5.97 Å². The Hall–Kier alpha value is -1.59. The average molecular weight is 352 g/mol. The van der Waals surface area contributed by atoms with Crippen molar-refractivity contribution < 1.29 is 19.5 Å². The molecule has 0 aromatic rings. The normalized spacial score (nSPS) is 23.8. The first kappa shape index (κ1) is 19.7. The third-order valence-corrected chi connectivity index (χ3v) is 5.75. The SMILES string of the molecule is CN(C(=O)C1CCCN(C(=O)C(C)(C)C)C1)C1(C(=O)O)CCCCC1. The minimum Gasteiger partial charge on any atom is -0.479 e. The number of likely N-dealkylation sites (tertiary alicyclic amines) is 1. The second-order valence-corrected chi connectivity index (χ2v) is 8.63. The number of hydrogen-bond acceptors (Lipinski definition) is 3. The molecule has 142 valence electrons. The fourth-order valence-electron chi connectivity index (χ4n) is 4.15. The number of piperidine rings is 1. The van der Waals surface area contributed by atoms with Crippen LogP contribution >= 0.6 is 0 Å². The second kappa shape index (κ2) is 7.34. The highest BCUT2D eigenvalue weighted by molar-refractivity contribution is 5.89. The van der Waals surface area contributed by atoms with Gasteiger partial charge in [-0.2, -0.15) is 0 Å². The van der Waals surface area contributed by atoms with Crippen LogP contribution in [0.4, 0.5) is 0 Å². The van der Waals surface area contributed by atoms with E-state index in [-0.39, 0.29) is 17.7 Å². The van der Waals surface area contributed by atoms with Crippen LogP contribution in [0.3, 0.4) is 0 Å². The molecule has 2 rings (SSSR count). The molecule has 0 bridgehead atoms. The summed E-state index contributed by atoms with van der Waals surface area (Å²) in [6.07, 6.45) is 5.23. The van der Waals surface area contributed by atoms with Gasteiger partial charge in [0.1, 0.15) is 5.54 Å². The van der Waals surface area contributed by atoms with Crippen LogP contribution in [0.5, 0.6) is 0 Å². The van der Waals surface area contributed by atoms with E-state index in [2.05, 4.69) is 0 Å². The smallest absolute Gasteiger partial charge is 0.329 e. The Bertz CT molecular complexity index is 532. The number of nitrogens with zero attached hydrogens (tertiary/aromatic N) is 2. The molecule has 0 spiro atoms. The van der Waals surface area contributed by atoms with E-state index >= 15 is 0 Å². The fourth-order valence-corrected chi connectivity index (χ4v) is 4.15. The van der Waals surface area contributed by atoms with Gasteiger partial charge < -0.3 is 14.9 Å². The number of aliphatic carboxylic acids is 1. The minimum atomic E-state index is -1.08. The fraction of sp³-hybridized carbons (Fsp3) is 0.842. The van der Waals surface area contributed by atoms with E-state index in [9.17, 15) is 19.5 Å². The topological polar surface area (TPSA) is 77.9 Å². The van der Waals surface area contributed by atoms with Gasteiger partial charge in [0.05, 0.1) is 5.92 Å². The van der Waals surface area contributed by atoms with Crippen LogP contribution in [0.15, 0.2) is 0 Å². The lowest BCUT2D eigenvalue weighted by atomic mass is 9.79. The zero-order chi connectivity index (χ0) is 18.8. The van der Waals surface area contributed by atoms with E-state index < -0.39 is 16.9 Å². The molecular formula is C19H32N2O4. The van der Waals surface area contributed by atoms with E-state index in [0.29, 0.717) is 32.4 Å². The lowest BCUT2D eigenvalue weighted by molar-refractivity contribution is -0.163. The highest BCUT2D eigenvalue weighted by atomic mass is 16.4. The molecule has 1 saturated heterocycles. The number of carboxylic acid groups (broad SMARTS) is 1. The predicted molar refractivity (Wildman–Crippen MR) is 95.0 cm³/mol. The average Bonchev–Trinajstić information content (AvgIpc) is 2.59. The van der Waals surface area contributed by atoms with Crippen molar-refractivity contribution in [3.05, 3.63) is 0 Å². The minimum absolute atomic E-state index is 0.0540. The molecule has 2 fully saturated rings. The summed E-state index contributed by atoms with van der Waals surface area (Å²) in [5, 5.41) is 9.79. The van der Waals surface area contributed by atoms with E-state index in [4.69, 9.17) is 0 Å². The molecular weight excluding hydrogens is 320 g/mol. The number of rotatable bonds is 3. The third-order valence-electron chi connectivity index (χ3n) is 5.75. The van der Waals surface area contributed by atoms with Crippen molar-refractivity contribution in [3.8, 4) is 0 Å². The lowest BCUT2D eigenvalue weighted by Gasteiger charge is -2.44. The molecule has 1 aliphatic carbocycles. The molecule has 1 aliphatic heterocycles. The van der Waals surface area contributed by atoms with Crippen molar-refractivity contribution >= 4 is 17.8 Å². The van der Waals surface area contributed by atoms with Crippen LogP contribution in [0.25, 0.3) is 0 Å². The van der Waals surface area contributed by atoms with Gasteiger partial charge in [-0.1, -0.05) is 40.0 Å². The van der Waals surface area contributed by atoms with Gasteiger partial charge in [-0.15, -0.1) is 0 Å². The summed E-state index contributed by atoms with van der Waals surface area (Å²) >= 11 is 0. The number of hydrogen-bond donors (Lipinski definition) is 1. The van der Waals surface area contributed by atoms with Gasteiger partial charge in [0.2, 0.25) is 11.8 Å². The monoisotopic (exact) mass is 352 g/mol. The molecule has 0 radical (unpaired) electrons. The maximum atomic E-state index is 13.0. The molecule has 2 amide bonds. The van der Waals surface area contributed by atoms with Crippen LogP contribution in [0.2, 0.25) is 0 Å². The molecule has 6 nitrogen and oxygen atoms in total. The van der Waals surface area contributed by atoms with Crippen LogP contribution in [-0.4, -0.2) is 58.4 Å². The largest absolute Gasteiger partial charge is 0.479 e. The van der Waals surface area contributed by atoms with E-state index in [0.717, 1.165) is 25.7 Å². The Morgan fingerprint density at radius 3 is 2.20 bits per heavy atom. The number of carbonyl (C=O) groups is 3. The predicted octanol–water partition coefficient (Wildman–Crippen LogP) is 2.52. The van der Waals surface area contributed by atoms with E-state index in [1.807, 2.05) is 20.8 Å². The van der Waals surface area contributed by atoms with Crippen molar-refractivity contribution in [2.24, 2.45) is 11.3 Å². The van der Waals surface area contributed by atoms with Gasteiger partial charge in [-0.05, 0) is 25.7 Å². The first-order chi connectivity index (χ1) is 11.6. The maximum absolute atomic E-state index is 13.0. The second-order valence-electron chi connectivity index (χ2n) is 8.63. The zero-order valence-electron chi connectivity index (χ0n) is 16.0. The molecule has 2 aliphatic rings. The van der Waals surface area contributed by atoms with Crippen molar-refractivity contribution in [3.63, 3.8) is 0 Å². The van der Waals surface area contributed by atoms with Crippen molar-refractivity contribution in [1.29, 1.82) is 0 Å². The molecule has 1 N–H and O–H groups in total. The first-order valence-electron chi connectivity index (χ1n) is 9.40.